The zero-order valence-electron chi connectivity index (χ0n) is 12.8. The van der Waals surface area contributed by atoms with Gasteiger partial charge in [-0.25, -0.2) is 4.79 Å². The second kappa shape index (κ2) is 5.55. The molecule has 2 N–H and O–H groups in total. The van der Waals surface area contributed by atoms with Crippen LogP contribution in [0.2, 0.25) is 0 Å². The summed E-state index contributed by atoms with van der Waals surface area (Å²) >= 11 is 0. The summed E-state index contributed by atoms with van der Waals surface area (Å²) in [7, 11) is 0. The molecule has 1 aromatic heterocycles. The number of aromatic carboxylic acids is 1. The molecule has 1 aliphatic rings. The Morgan fingerprint density at radius 2 is 1.76 bits per heavy atom. The van der Waals surface area contributed by atoms with E-state index in [1.165, 1.54) is 18.2 Å². The molecule has 3 aromatic rings. The number of rotatable bonds is 2. The molecule has 0 spiro atoms. The molecule has 0 unspecified atom stereocenters. The number of benzene rings is 2. The van der Waals surface area contributed by atoms with E-state index in [0.29, 0.717) is 30.3 Å². The average molecular weight is 340 g/mol. The topological polar surface area (TPSA) is 106 Å². The minimum absolute atomic E-state index is 0.00342. The summed E-state index contributed by atoms with van der Waals surface area (Å²) in [6.07, 6.45) is 0. The average Bonchev–Trinajstić information content (AvgIpc) is 2.60. The van der Waals surface area contributed by atoms with Gasteiger partial charge in [-0.15, -0.1) is 0 Å². The largest absolute Gasteiger partial charge is 0.508 e. The summed E-state index contributed by atoms with van der Waals surface area (Å²) in [6.45, 7) is 0.794. The Bertz CT molecular complexity index is 1060. The Morgan fingerprint density at radius 3 is 2.52 bits per heavy atom. The van der Waals surface area contributed by atoms with Gasteiger partial charge < -0.3 is 24.1 Å². The van der Waals surface area contributed by atoms with Crippen molar-refractivity contribution < 1.29 is 28.9 Å². The molecule has 7 heteroatoms. The first-order valence-corrected chi connectivity index (χ1v) is 7.48. The normalized spacial score (nSPS) is 13.0. The highest BCUT2D eigenvalue weighted by atomic mass is 16.6. The molecule has 0 fully saturated rings. The Kier molecular flexibility index (Phi) is 3.35. The van der Waals surface area contributed by atoms with Crippen LogP contribution >= 0.6 is 0 Å². The van der Waals surface area contributed by atoms with Crippen LogP contribution in [0.1, 0.15) is 10.6 Å². The SMILES string of the molecule is O=C(O)c1oc2cc(O)ccc2c(=O)c1-c1ccc2c(c1)OCCO2. The van der Waals surface area contributed by atoms with E-state index < -0.39 is 17.2 Å². The van der Waals surface area contributed by atoms with Gasteiger partial charge in [0.1, 0.15) is 24.5 Å². The summed E-state index contributed by atoms with van der Waals surface area (Å²) in [5.74, 6) is -1.04. The predicted octanol–water partition coefficient (Wildman–Crippen LogP) is 2.64. The van der Waals surface area contributed by atoms with Crippen LogP contribution in [0.5, 0.6) is 17.2 Å². The first-order chi connectivity index (χ1) is 12.0. The maximum absolute atomic E-state index is 12.9. The van der Waals surface area contributed by atoms with Crippen molar-refractivity contribution in [2.24, 2.45) is 0 Å². The molecule has 0 amide bonds. The first kappa shape index (κ1) is 15.1. The molecule has 2 heterocycles. The fourth-order valence-corrected chi connectivity index (χ4v) is 2.79. The Morgan fingerprint density at radius 1 is 1.00 bits per heavy atom. The molecule has 126 valence electrons. The standard InChI is InChI=1S/C18H12O7/c19-10-2-3-11-13(8-10)25-17(18(21)22)15(16(11)20)9-1-4-12-14(7-9)24-6-5-23-12/h1-4,7-8,19H,5-6H2,(H,21,22). The van der Waals surface area contributed by atoms with Gasteiger partial charge in [0.15, 0.2) is 11.5 Å². The number of carbonyl (C=O) groups is 1. The second-order valence-electron chi connectivity index (χ2n) is 5.48. The van der Waals surface area contributed by atoms with Crippen molar-refractivity contribution in [3.63, 3.8) is 0 Å². The predicted molar refractivity (Wildman–Crippen MR) is 87.5 cm³/mol. The summed E-state index contributed by atoms with van der Waals surface area (Å²) in [5, 5.41) is 19.2. The van der Waals surface area contributed by atoms with Gasteiger partial charge in [-0.2, -0.15) is 0 Å². The molecule has 0 atom stereocenters. The number of phenols is 1. The lowest BCUT2D eigenvalue weighted by molar-refractivity contribution is 0.0664. The van der Waals surface area contributed by atoms with Crippen LogP contribution < -0.4 is 14.9 Å². The minimum atomic E-state index is -1.38. The van der Waals surface area contributed by atoms with E-state index in [9.17, 15) is 19.8 Å². The van der Waals surface area contributed by atoms with Gasteiger partial charge in [-0.3, -0.25) is 4.79 Å². The van der Waals surface area contributed by atoms with Crippen LogP contribution in [0, 0.1) is 0 Å². The number of ether oxygens (including phenoxy) is 2. The summed E-state index contributed by atoms with van der Waals surface area (Å²) in [5.41, 5.74) is -0.230. The number of carboxylic acids is 1. The molecule has 2 aromatic carbocycles. The van der Waals surface area contributed by atoms with Crippen LogP contribution in [0.15, 0.2) is 45.6 Å². The summed E-state index contributed by atoms with van der Waals surface area (Å²) in [4.78, 5) is 24.5. The summed E-state index contributed by atoms with van der Waals surface area (Å²) in [6, 6.07) is 8.70. The highest BCUT2D eigenvalue weighted by Gasteiger charge is 2.23. The zero-order valence-corrected chi connectivity index (χ0v) is 12.8. The van der Waals surface area contributed by atoms with E-state index in [4.69, 9.17) is 13.9 Å². The van der Waals surface area contributed by atoms with E-state index in [0.717, 1.165) is 0 Å². The van der Waals surface area contributed by atoms with Crippen molar-refractivity contribution in [2.45, 2.75) is 0 Å². The third-order valence-corrected chi connectivity index (χ3v) is 3.90. The third kappa shape index (κ3) is 2.46. The van der Waals surface area contributed by atoms with E-state index in [1.54, 1.807) is 18.2 Å². The molecule has 7 nitrogen and oxygen atoms in total. The minimum Gasteiger partial charge on any atom is -0.508 e. The lowest BCUT2D eigenvalue weighted by atomic mass is 10.0. The maximum atomic E-state index is 12.9. The van der Waals surface area contributed by atoms with Crippen molar-refractivity contribution in [1.29, 1.82) is 0 Å². The third-order valence-electron chi connectivity index (χ3n) is 3.90. The van der Waals surface area contributed by atoms with Gasteiger partial charge in [0.2, 0.25) is 11.2 Å². The molecular weight excluding hydrogens is 328 g/mol. The lowest BCUT2D eigenvalue weighted by Gasteiger charge is -2.19. The highest BCUT2D eigenvalue weighted by Crippen LogP contribution is 2.35. The molecule has 1 aliphatic heterocycles. The first-order valence-electron chi connectivity index (χ1n) is 7.48. The van der Waals surface area contributed by atoms with E-state index in [1.807, 2.05) is 0 Å². The van der Waals surface area contributed by atoms with Crippen molar-refractivity contribution in [3.05, 3.63) is 52.4 Å². The smallest absolute Gasteiger partial charge is 0.372 e. The quantitative estimate of drug-likeness (QED) is 0.738. The van der Waals surface area contributed by atoms with Gasteiger partial charge in [0, 0.05) is 6.07 Å². The van der Waals surface area contributed by atoms with Crippen LogP contribution in [0.4, 0.5) is 0 Å². The summed E-state index contributed by atoms with van der Waals surface area (Å²) < 4.78 is 16.3. The lowest BCUT2D eigenvalue weighted by Crippen LogP contribution is -2.16. The molecule has 0 saturated carbocycles. The van der Waals surface area contributed by atoms with Crippen LogP contribution in [0.25, 0.3) is 22.1 Å². The molecule has 0 aliphatic carbocycles. The fraction of sp³-hybridized carbons (Fsp3) is 0.111. The highest BCUT2D eigenvalue weighted by molar-refractivity contribution is 5.97. The molecule has 0 bridgehead atoms. The molecule has 0 radical (unpaired) electrons. The number of phenolic OH excluding ortho intramolecular Hbond substituents is 1. The van der Waals surface area contributed by atoms with Crippen molar-refractivity contribution in [3.8, 4) is 28.4 Å². The number of hydrogen-bond acceptors (Lipinski definition) is 6. The Labute approximate surface area is 140 Å². The zero-order chi connectivity index (χ0) is 17.6. The van der Waals surface area contributed by atoms with Crippen LogP contribution in [-0.2, 0) is 0 Å². The van der Waals surface area contributed by atoms with Crippen LogP contribution in [-0.4, -0.2) is 29.4 Å². The van der Waals surface area contributed by atoms with Gasteiger partial charge >= 0.3 is 5.97 Å². The van der Waals surface area contributed by atoms with Crippen molar-refractivity contribution in [2.75, 3.05) is 13.2 Å². The number of fused-ring (bicyclic) bond motifs is 2. The van der Waals surface area contributed by atoms with Gasteiger partial charge in [0.25, 0.3) is 0 Å². The van der Waals surface area contributed by atoms with E-state index >= 15 is 0 Å². The Hall–Kier alpha value is -3.48. The molecule has 0 saturated heterocycles. The molecular formula is C18H12O7. The van der Waals surface area contributed by atoms with Crippen molar-refractivity contribution >= 4 is 16.9 Å². The van der Waals surface area contributed by atoms with E-state index in [2.05, 4.69) is 0 Å². The monoisotopic (exact) mass is 340 g/mol. The van der Waals surface area contributed by atoms with Gasteiger partial charge in [-0.1, -0.05) is 6.07 Å². The van der Waals surface area contributed by atoms with Gasteiger partial charge in [0.05, 0.1) is 10.9 Å². The fourth-order valence-electron chi connectivity index (χ4n) is 2.79. The van der Waals surface area contributed by atoms with Crippen LogP contribution in [0.3, 0.4) is 0 Å². The number of hydrogen-bond donors (Lipinski definition) is 2. The second-order valence-corrected chi connectivity index (χ2v) is 5.48. The van der Waals surface area contributed by atoms with E-state index in [-0.39, 0.29) is 22.3 Å². The van der Waals surface area contributed by atoms with Crippen molar-refractivity contribution in [1.82, 2.24) is 0 Å². The van der Waals surface area contributed by atoms with Gasteiger partial charge in [-0.05, 0) is 29.8 Å². The maximum Gasteiger partial charge on any atom is 0.372 e. The molecule has 4 rings (SSSR count). The Balaban J connectivity index is 2.02. The number of aromatic hydroxyl groups is 1. The molecule has 25 heavy (non-hydrogen) atoms. The number of carboxylic acid groups (broad SMARTS) is 1.